The molecular formula is C20H20N8O2. The van der Waals surface area contributed by atoms with Gasteiger partial charge in [0.15, 0.2) is 17.2 Å². The van der Waals surface area contributed by atoms with E-state index in [9.17, 15) is 4.79 Å². The first-order valence-electron chi connectivity index (χ1n) is 9.57. The quantitative estimate of drug-likeness (QED) is 0.451. The number of aromatic amines is 1. The van der Waals surface area contributed by atoms with Crippen LogP contribution < -0.4 is 15.4 Å². The van der Waals surface area contributed by atoms with E-state index in [1.807, 2.05) is 25.2 Å². The summed E-state index contributed by atoms with van der Waals surface area (Å²) < 4.78 is 7.32. The van der Waals surface area contributed by atoms with Gasteiger partial charge in [-0.2, -0.15) is 5.10 Å². The molecule has 0 radical (unpaired) electrons. The number of imidazole rings is 1. The maximum Gasteiger partial charge on any atom is 0.228 e. The van der Waals surface area contributed by atoms with Crippen LogP contribution >= 0.6 is 0 Å². The van der Waals surface area contributed by atoms with Crippen molar-refractivity contribution in [1.29, 1.82) is 0 Å². The fraction of sp³-hybridized carbons (Fsp3) is 0.250. The second kappa shape index (κ2) is 7.14. The molecule has 3 heterocycles. The minimum Gasteiger partial charge on any atom is -0.494 e. The monoisotopic (exact) mass is 404 g/mol. The average molecular weight is 404 g/mol. The van der Waals surface area contributed by atoms with Gasteiger partial charge in [0, 0.05) is 19.0 Å². The molecule has 0 bridgehead atoms. The van der Waals surface area contributed by atoms with Gasteiger partial charge in [-0.15, -0.1) is 0 Å². The molecule has 10 heteroatoms. The van der Waals surface area contributed by atoms with E-state index >= 15 is 0 Å². The molecule has 0 unspecified atom stereocenters. The zero-order valence-electron chi connectivity index (χ0n) is 16.5. The molecule has 3 N–H and O–H groups in total. The topological polar surface area (TPSA) is 123 Å². The molecule has 30 heavy (non-hydrogen) atoms. The summed E-state index contributed by atoms with van der Waals surface area (Å²) in [5.74, 6) is 1.70. The molecule has 3 aromatic heterocycles. The Morgan fingerprint density at radius 2 is 2.13 bits per heavy atom. The van der Waals surface area contributed by atoms with Crippen LogP contribution in [0, 0.1) is 5.92 Å². The minimum absolute atomic E-state index is 0.0101. The van der Waals surface area contributed by atoms with Gasteiger partial charge in [-0.05, 0) is 25.0 Å². The van der Waals surface area contributed by atoms with Gasteiger partial charge in [0.05, 0.1) is 30.4 Å². The maximum absolute atomic E-state index is 12.2. The second-order valence-electron chi connectivity index (χ2n) is 7.17. The van der Waals surface area contributed by atoms with E-state index in [0.29, 0.717) is 28.7 Å². The van der Waals surface area contributed by atoms with Crippen LogP contribution in [0.5, 0.6) is 5.75 Å². The summed E-state index contributed by atoms with van der Waals surface area (Å²) >= 11 is 0. The summed E-state index contributed by atoms with van der Waals surface area (Å²) in [6.45, 7) is 0. The lowest BCUT2D eigenvalue weighted by atomic mass is 10.1. The number of pyridine rings is 1. The molecule has 4 aromatic rings. The normalized spacial score (nSPS) is 13.4. The van der Waals surface area contributed by atoms with E-state index in [0.717, 1.165) is 29.6 Å². The maximum atomic E-state index is 12.2. The van der Waals surface area contributed by atoms with Gasteiger partial charge in [0.2, 0.25) is 5.91 Å². The van der Waals surface area contributed by atoms with Gasteiger partial charge in [-0.25, -0.2) is 15.0 Å². The lowest BCUT2D eigenvalue weighted by Crippen LogP contribution is -2.14. The Balaban J connectivity index is 1.53. The number of H-pyrrole nitrogens is 1. The smallest absolute Gasteiger partial charge is 0.228 e. The molecular weight excluding hydrogens is 384 g/mol. The highest BCUT2D eigenvalue weighted by Crippen LogP contribution is 2.38. The van der Waals surface area contributed by atoms with E-state index in [-0.39, 0.29) is 11.8 Å². The number of methoxy groups -OCH3 is 1. The average Bonchev–Trinajstić information content (AvgIpc) is 3.34. The number of nitrogens with one attached hydrogen (secondary N) is 3. The molecule has 0 spiro atoms. The molecule has 1 aliphatic rings. The SMILES string of the molecule is COc1c(Nc2cc(NC(=O)C3CC3)nc3nc[nH]c23)cccc1-c1ncn(C)n1. The summed E-state index contributed by atoms with van der Waals surface area (Å²) in [6.07, 6.45) is 5.06. The highest BCUT2D eigenvalue weighted by atomic mass is 16.5. The van der Waals surface area contributed by atoms with Crippen molar-refractivity contribution < 1.29 is 9.53 Å². The summed E-state index contributed by atoms with van der Waals surface area (Å²) in [4.78, 5) is 28.3. The van der Waals surface area contributed by atoms with Crippen molar-refractivity contribution in [2.24, 2.45) is 13.0 Å². The van der Waals surface area contributed by atoms with Crippen molar-refractivity contribution >= 4 is 34.3 Å². The van der Waals surface area contributed by atoms with Gasteiger partial charge < -0.3 is 20.4 Å². The number of amides is 1. The van der Waals surface area contributed by atoms with Crippen molar-refractivity contribution in [1.82, 2.24) is 29.7 Å². The van der Waals surface area contributed by atoms with Gasteiger partial charge in [-0.3, -0.25) is 9.48 Å². The standard InChI is InChI=1S/C20H20N8O2/c1-28-10-23-18(27-28)12-4-3-5-13(17(12)30-2)24-14-8-15(26-20(29)11-6-7-11)25-19-16(14)21-9-22-19/h3-5,8-11H,6-7H2,1-2H3,(H3,21,22,24,25,26,29). The number of carbonyl (C=O) groups excluding carboxylic acids is 1. The van der Waals surface area contributed by atoms with E-state index in [4.69, 9.17) is 4.74 Å². The number of rotatable bonds is 6. The van der Waals surface area contributed by atoms with Crippen LogP contribution in [0.3, 0.4) is 0 Å². The van der Waals surface area contributed by atoms with E-state index in [1.165, 1.54) is 0 Å². The largest absolute Gasteiger partial charge is 0.494 e. The van der Waals surface area contributed by atoms with Crippen LogP contribution in [0.2, 0.25) is 0 Å². The first-order chi connectivity index (χ1) is 14.6. The summed E-state index contributed by atoms with van der Waals surface area (Å²) in [5.41, 5.74) is 3.44. The third-order valence-electron chi connectivity index (χ3n) is 4.92. The van der Waals surface area contributed by atoms with Gasteiger partial charge >= 0.3 is 0 Å². The Kier molecular flexibility index (Phi) is 4.31. The van der Waals surface area contributed by atoms with Crippen molar-refractivity contribution in [3.05, 3.63) is 36.9 Å². The van der Waals surface area contributed by atoms with Crippen molar-refractivity contribution in [2.45, 2.75) is 12.8 Å². The van der Waals surface area contributed by atoms with Gasteiger partial charge in [0.1, 0.15) is 17.7 Å². The molecule has 0 atom stereocenters. The van der Waals surface area contributed by atoms with E-state index in [1.54, 1.807) is 30.5 Å². The van der Waals surface area contributed by atoms with E-state index < -0.39 is 0 Å². The lowest BCUT2D eigenvalue weighted by molar-refractivity contribution is -0.117. The number of aromatic nitrogens is 6. The van der Waals surface area contributed by atoms with Gasteiger partial charge in [-0.1, -0.05) is 6.07 Å². The Bertz CT molecular complexity index is 1240. The zero-order chi connectivity index (χ0) is 20.7. The molecule has 152 valence electrons. The molecule has 1 amide bonds. The molecule has 1 aliphatic carbocycles. The molecule has 1 saturated carbocycles. The van der Waals surface area contributed by atoms with Crippen molar-refractivity contribution in [2.75, 3.05) is 17.7 Å². The first-order valence-corrected chi connectivity index (χ1v) is 9.57. The highest BCUT2D eigenvalue weighted by Gasteiger charge is 2.30. The molecule has 1 aromatic carbocycles. The van der Waals surface area contributed by atoms with Crippen molar-refractivity contribution in [3.63, 3.8) is 0 Å². The molecule has 0 aliphatic heterocycles. The molecule has 0 saturated heterocycles. The lowest BCUT2D eigenvalue weighted by Gasteiger charge is -2.15. The minimum atomic E-state index is -0.0101. The fourth-order valence-corrected chi connectivity index (χ4v) is 3.30. The van der Waals surface area contributed by atoms with Crippen LogP contribution in [-0.4, -0.2) is 42.7 Å². The zero-order valence-corrected chi connectivity index (χ0v) is 16.5. The number of ether oxygens (including phenoxy) is 1. The third-order valence-corrected chi connectivity index (χ3v) is 4.92. The fourth-order valence-electron chi connectivity index (χ4n) is 3.30. The summed E-state index contributed by atoms with van der Waals surface area (Å²) in [6, 6.07) is 7.49. The predicted octanol–water partition coefficient (Wildman–Crippen LogP) is 2.85. The number of para-hydroxylation sites is 1. The number of aryl methyl sites for hydroxylation is 1. The Morgan fingerprint density at radius 1 is 1.27 bits per heavy atom. The number of carbonyl (C=O) groups is 1. The molecule has 1 fully saturated rings. The van der Waals surface area contributed by atoms with Crippen LogP contribution in [0.1, 0.15) is 12.8 Å². The molecule has 5 rings (SSSR count). The van der Waals surface area contributed by atoms with Crippen LogP contribution in [0.4, 0.5) is 17.2 Å². The first kappa shape index (κ1) is 18.1. The summed E-state index contributed by atoms with van der Waals surface area (Å²) in [5, 5.41) is 10.6. The number of hydrogen-bond donors (Lipinski definition) is 3. The summed E-state index contributed by atoms with van der Waals surface area (Å²) in [7, 11) is 3.42. The van der Waals surface area contributed by atoms with Crippen LogP contribution in [0.25, 0.3) is 22.6 Å². The Hall–Kier alpha value is -3.95. The second-order valence-corrected chi connectivity index (χ2v) is 7.17. The van der Waals surface area contributed by atoms with Crippen molar-refractivity contribution in [3.8, 4) is 17.1 Å². The predicted molar refractivity (Wildman–Crippen MR) is 112 cm³/mol. The number of hydrogen-bond acceptors (Lipinski definition) is 7. The number of nitrogens with zero attached hydrogens (tertiary/aromatic N) is 5. The number of benzene rings is 1. The van der Waals surface area contributed by atoms with Crippen LogP contribution in [-0.2, 0) is 11.8 Å². The third kappa shape index (κ3) is 3.32. The van der Waals surface area contributed by atoms with E-state index in [2.05, 4.69) is 35.7 Å². The van der Waals surface area contributed by atoms with Crippen LogP contribution in [0.15, 0.2) is 36.9 Å². The molecule has 10 nitrogen and oxygen atoms in total. The Morgan fingerprint density at radius 3 is 2.87 bits per heavy atom. The number of anilines is 3. The Labute approximate surface area is 171 Å². The highest BCUT2D eigenvalue weighted by molar-refractivity contribution is 5.97. The number of fused-ring (bicyclic) bond motifs is 1. The van der Waals surface area contributed by atoms with Gasteiger partial charge in [0.25, 0.3) is 0 Å².